The largest absolute Gasteiger partial charge is 0.491 e. The lowest BCUT2D eigenvalue weighted by Crippen LogP contribution is -2.61. The number of carboxylic acids is 4. The SMILES string of the molecule is O=C(O)COc1ccc(OCC(O)C[N+]2(CC(=O)O)CCNCCN(CC(=O)O)CCN(CC(=O)O)CC2)cc1. The quantitative estimate of drug-likeness (QED) is 0.136. The second-order valence-electron chi connectivity index (χ2n) is 9.73. The molecule has 0 bridgehead atoms. The summed E-state index contributed by atoms with van der Waals surface area (Å²) < 4.78 is 10.7. The van der Waals surface area contributed by atoms with Gasteiger partial charge in [0.1, 0.15) is 30.8 Å². The van der Waals surface area contributed by atoms with Crippen molar-refractivity contribution in [2.24, 2.45) is 0 Å². The molecule has 40 heavy (non-hydrogen) atoms. The highest BCUT2D eigenvalue weighted by molar-refractivity contribution is 5.69. The molecule has 2 rings (SSSR count). The monoisotopic (exact) mass is 571 g/mol. The summed E-state index contributed by atoms with van der Waals surface area (Å²) in [4.78, 5) is 48.6. The van der Waals surface area contributed by atoms with Crippen LogP contribution in [0.1, 0.15) is 0 Å². The summed E-state index contributed by atoms with van der Waals surface area (Å²) in [7, 11) is 0. The highest BCUT2D eigenvalue weighted by Crippen LogP contribution is 2.18. The van der Waals surface area contributed by atoms with Crippen molar-refractivity contribution in [2.75, 3.05) is 91.8 Å². The molecule has 0 saturated carbocycles. The second kappa shape index (κ2) is 16.6. The number of carboxylic acid groups (broad SMARTS) is 4. The first kappa shape index (κ1) is 32.7. The van der Waals surface area contributed by atoms with E-state index in [0.717, 1.165) is 0 Å². The Hall–Kier alpha value is -3.50. The number of quaternary nitrogens is 1. The maximum absolute atomic E-state index is 11.9. The minimum atomic E-state index is -1.11. The van der Waals surface area contributed by atoms with Gasteiger partial charge in [-0.1, -0.05) is 0 Å². The van der Waals surface area contributed by atoms with E-state index in [1.807, 2.05) is 0 Å². The first-order chi connectivity index (χ1) is 19.0. The van der Waals surface area contributed by atoms with Crippen molar-refractivity contribution < 1.29 is 58.7 Å². The fraction of sp³-hybridized carbons (Fsp3) is 0.600. The fourth-order valence-corrected chi connectivity index (χ4v) is 4.51. The Morgan fingerprint density at radius 2 is 1.35 bits per heavy atom. The summed E-state index contributed by atoms with van der Waals surface area (Å²) in [5, 5.41) is 51.0. The van der Waals surface area contributed by atoms with Crippen LogP contribution in [-0.2, 0) is 19.2 Å². The van der Waals surface area contributed by atoms with Gasteiger partial charge in [0, 0.05) is 39.3 Å². The van der Waals surface area contributed by atoms with E-state index < -0.39 is 36.6 Å². The molecular weight excluding hydrogens is 532 g/mol. The molecule has 1 saturated heterocycles. The van der Waals surface area contributed by atoms with E-state index in [-0.39, 0.29) is 56.9 Å². The topological polar surface area (TPSA) is 206 Å². The predicted molar refractivity (Wildman–Crippen MR) is 139 cm³/mol. The van der Waals surface area contributed by atoms with Crippen molar-refractivity contribution in [1.82, 2.24) is 15.1 Å². The third-order valence-electron chi connectivity index (χ3n) is 6.41. The van der Waals surface area contributed by atoms with E-state index >= 15 is 0 Å². The Kier molecular flexibility index (Phi) is 13.5. The second-order valence-corrected chi connectivity index (χ2v) is 9.73. The molecule has 2 atom stereocenters. The summed E-state index contributed by atoms with van der Waals surface area (Å²) in [6.45, 7) is 1.36. The van der Waals surface area contributed by atoms with Gasteiger partial charge in [-0.05, 0) is 24.3 Å². The third-order valence-corrected chi connectivity index (χ3v) is 6.41. The van der Waals surface area contributed by atoms with Crippen LogP contribution in [0.15, 0.2) is 24.3 Å². The van der Waals surface area contributed by atoms with Crippen molar-refractivity contribution in [3.63, 3.8) is 0 Å². The molecule has 1 aliphatic rings. The van der Waals surface area contributed by atoms with Crippen LogP contribution in [0, 0.1) is 0 Å². The molecule has 0 aliphatic carbocycles. The van der Waals surface area contributed by atoms with Gasteiger partial charge in [-0.25, -0.2) is 9.59 Å². The van der Waals surface area contributed by atoms with Crippen LogP contribution in [-0.4, -0.2) is 162 Å². The van der Waals surface area contributed by atoms with Crippen LogP contribution in [0.3, 0.4) is 0 Å². The highest BCUT2D eigenvalue weighted by Gasteiger charge is 2.34. The van der Waals surface area contributed by atoms with Crippen molar-refractivity contribution in [3.8, 4) is 11.5 Å². The van der Waals surface area contributed by atoms with Crippen molar-refractivity contribution in [2.45, 2.75) is 6.10 Å². The van der Waals surface area contributed by atoms with Crippen LogP contribution < -0.4 is 14.8 Å². The molecule has 2 unspecified atom stereocenters. The van der Waals surface area contributed by atoms with Crippen LogP contribution in [0.2, 0.25) is 0 Å². The maximum Gasteiger partial charge on any atom is 0.359 e. The molecule has 0 spiro atoms. The first-order valence-corrected chi connectivity index (χ1v) is 12.9. The number of aliphatic carboxylic acids is 4. The van der Waals surface area contributed by atoms with E-state index in [4.69, 9.17) is 14.6 Å². The number of aliphatic hydroxyl groups is 1. The number of aliphatic hydroxyl groups excluding tert-OH is 1. The zero-order chi connectivity index (χ0) is 29.5. The Labute approximate surface area is 231 Å². The van der Waals surface area contributed by atoms with E-state index in [1.165, 1.54) is 12.1 Å². The maximum atomic E-state index is 11.9. The lowest BCUT2D eigenvalue weighted by molar-refractivity contribution is -0.922. The van der Waals surface area contributed by atoms with Crippen molar-refractivity contribution in [3.05, 3.63) is 24.3 Å². The van der Waals surface area contributed by atoms with Crippen LogP contribution in [0.4, 0.5) is 0 Å². The van der Waals surface area contributed by atoms with Crippen molar-refractivity contribution in [1.29, 1.82) is 0 Å². The van der Waals surface area contributed by atoms with Crippen LogP contribution >= 0.6 is 0 Å². The summed E-state index contributed by atoms with van der Waals surface area (Å²) in [6, 6.07) is 6.17. The van der Waals surface area contributed by atoms with E-state index in [0.29, 0.717) is 44.2 Å². The van der Waals surface area contributed by atoms with Gasteiger partial charge in [0.25, 0.3) is 0 Å². The molecule has 0 amide bonds. The normalized spacial score (nSPS) is 20.4. The lowest BCUT2D eigenvalue weighted by Gasteiger charge is -2.40. The predicted octanol–water partition coefficient (Wildman–Crippen LogP) is -1.83. The van der Waals surface area contributed by atoms with Crippen LogP contribution in [0.25, 0.3) is 0 Å². The van der Waals surface area contributed by atoms with Gasteiger partial charge >= 0.3 is 23.9 Å². The molecule has 0 aromatic heterocycles. The van der Waals surface area contributed by atoms with Gasteiger partial charge < -0.3 is 44.8 Å². The first-order valence-electron chi connectivity index (χ1n) is 12.9. The molecule has 224 valence electrons. The number of nitrogens with one attached hydrogen (secondary N) is 1. The summed E-state index contributed by atoms with van der Waals surface area (Å²) in [6.07, 6.45) is -1.05. The number of carbonyl (C=O) groups is 4. The van der Waals surface area contributed by atoms with E-state index in [9.17, 15) is 39.6 Å². The Balaban J connectivity index is 2.09. The van der Waals surface area contributed by atoms with Gasteiger partial charge in [0.2, 0.25) is 0 Å². The third kappa shape index (κ3) is 13.0. The average Bonchev–Trinajstić information content (AvgIpc) is 2.86. The summed E-state index contributed by atoms with van der Waals surface area (Å²) in [5.74, 6) is -3.46. The zero-order valence-electron chi connectivity index (χ0n) is 22.3. The summed E-state index contributed by atoms with van der Waals surface area (Å²) >= 11 is 0. The van der Waals surface area contributed by atoms with Crippen molar-refractivity contribution >= 4 is 23.9 Å². The van der Waals surface area contributed by atoms with Gasteiger partial charge in [0.15, 0.2) is 13.2 Å². The van der Waals surface area contributed by atoms with Gasteiger partial charge in [-0.2, -0.15) is 0 Å². The Morgan fingerprint density at radius 1 is 0.775 bits per heavy atom. The lowest BCUT2D eigenvalue weighted by atomic mass is 10.2. The molecule has 1 aromatic rings. The molecule has 15 nitrogen and oxygen atoms in total. The molecule has 1 aliphatic heterocycles. The van der Waals surface area contributed by atoms with E-state index in [1.54, 1.807) is 21.9 Å². The number of hydrogen-bond acceptors (Lipinski definition) is 10. The molecule has 15 heteroatoms. The minimum Gasteiger partial charge on any atom is -0.491 e. The van der Waals surface area contributed by atoms with E-state index in [2.05, 4.69) is 5.32 Å². The summed E-state index contributed by atoms with van der Waals surface area (Å²) in [5.41, 5.74) is 0. The number of hydrogen-bond donors (Lipinski definition) is 6. The number of ether oxygens (including phenoxy) is 2. The highest BCUT2D eigenvalue weighted by atomic mass is 16.5. The van der Waals surface area contributed by atoms with Crippen LogP contribution in [0.5, 0.6) is 11.5 Å². The Morgan fingerprint density at radius 3 is 1.90 bits per heavy atom. The minimum absolute atomic E-state index is 0.0240. The zero-order valence-corrected chi connectivity index (χ0v) is 22.3. The smallest absolute Gasteiger partial charge is 0.359 e. The Bertz CT molecular complexity index is 978. The van der Waals surface area contributed by atoms with Gasteiger partial charge in [0.05, 0.1) is 26.2 Å². The molecule has 1 fully saturated rings. The molecular formula is C25H39N4O11+. The van der Waals surface area contributed by atoms with Gasteiger partial charge in [-0.3, -0.25) is 19.4 Å². The van der Waals surface area contributed by atoms with Gasteiger partial charge in [-0.15, -0.1) is 0 Å². The molecule has 0 radical (unpaired) electrons. The number of rotatable bonds is 14. The average molecular weight is 572 g/mol. The molecule has 1 aromatic carbocycles. The number of benzene rings is 1. The molecule has 6 N–H and O–H groups in total. The fourth-order valence-electron chi connectivity index (χ4n) is 4.51. The standard InChI is InChI=1S/C25H38N4O11/c30-19(17-39-20-1-3-21(4-2-20)40-18-25(37)38)15-29(16-24(35)36)11-6-26-5-7-27(13-22(31)32)8-9-28(10-12-29)14-23(33)34/h1-4,19,26,30H,5-18H2,(H3-,31,32,33,34,35,36,37,38)/p+1. The molecule has 1 heterocycles. The number of nitrogens with zero attached hydrogens (tertiary/aromatic N) is 3.